The van der Waals surface area contributed by atoms with E-state index in [4.69, 9.17) is 0 Å². The van der Waals surface area contributed by atoms with Gasteiger partial charge in [-0.25, -0.2) is 0 Å². The second-order valence-electron chi connectivity index (χ2n) is 5.89. The van der Waals surface area contributed by atoms with Crippen molar-refractivity contribution < 1.29 is 4.79 Å². The number of fused-ring (bicyclic) bond motifs is 2. The second-order valence-corrected chi connectivity index (χ2v) is 5.89. The Morgan fingerprint density at radius 3 is 2.89 bits per heavy atom. The molecule has 1 amide bonds. The molecule has 1 N–H and O–H groups in total. The molecule has 2 fully saturated rings. The maximum absolute atomic E-state index is 12.8. The van der Waals surface area contributed by atoms with Crippen molar-refractivity contribution in [2.45, 2.75) is 24.7 Å². The fourth-order valence-electron chi connectivity index (χ4n) is 3.44. The third-order valence-corrected chi connectivity index (χ3v) is 4.66. The first-order chi connectivity index (χ1) is 8.81. The number of carbonyl (C=O) groups excluding carboxylic acids is 1. The number of amides is 1. The molecule has 4 rings (SSSR count). The van der Waals surface area contributed by atoms with E-state index in [1.807, 2.05) is 6.07 Å². The number of hydrogen-bond donors (Lipinski definition) is 1. The standard InChI is InChI=1S/C15H18N2O/c18-14-15(7-8-16-10-15)12-3-1-2-4-13(12)17(14)9-11-5-6-11/h1-4,11,16H,5-10H2. The van der Waals surface area contributed by atoms with Gasteiger partial charge in [0.1, 0.15) is 0 Å². The van der Waals surface area contributed by atoms with E-state index in [9.17, 15) is 4.79 Å². The van der Waals surface area contributed by atoms with E-state index in [0.717, 1.165) is 37.7 Å². The van der Waals surface area contributed by atoms with E-state index in [-0.39, 0.29) is 5.41 Å². The highest BCUT2D eigenvalue weighted by Gasteiger charge is 2.52. The molecule has 0 aromatic heterocycles. The summed E-state index contributed by atoms with van der Waals surface area (Å²) in [6.07, 6.45) is 3.53. The highest BCUT2D eigenvalue weighted by molar-refractivity contribution is 6.08. The first-order valence-electron chi connectivity index (χ1n) is 6.93. The predicted molar refractivity (Wildman–Crippen MR) is 70.7 cm³/mol. The fourth-order valence-corrected chi connectivity index (χ4v) is 3.44. The van der Waals surface area contributed by atoms with Crippen LogP contribution >= 0.6 is 0 Å². The van der Waals surface area contributed by atoms with Gasteiger partial charge in [-0.05, 0) is 43.4 Å². The van der Waals surface area contributed by atoms with Crippen LogP contribution in [0.2, 0.25) is 0 Å². The van der Waals surface area contributed by atoms with Gasteiger partial charge in [0, 0.05) is 18.8 Å². The lowest BCUT2D eigenvalue weighted by molar-refractivity contribution is -0.122. The molecule has 3 aliphatic rings. The van der Waals surface area contributed by atoms with Crippen LogP contribution in [0.1, 0.15) is 24.8 Å². The lowest BCUT2D eigenvalue weighted by Gasteiger charge is -2.22. The Morgan fingerprint density at radius 1 is 1.33 bits per heavy atom. The summed E-state index contributed by atoms with van der Waals surface area (Å²) < 4.78 is 0. The predicted octanol–water partition coefficient (Wildman–Crippen LogP) is 1.67. The van der Waals surface area contributed by atoms with Crippen LogP contribution in [0.4, 0.5) is 5.69 Å². The van der Waals surface area contributed by atoms with Crippen LogP contribution in [-0.4, -0.2) is 25.5 Å². The molecule has 2 aliphatic heterocycles. The first-order valence-corrected chi connectivity index (χ1v) is 6.93. The summed E-state index contributed by atoms with van der Waals surface area (Å²) in [6, 6.07) is 8.37. The van der Waals surface area contributed by atoms with Gasteiger partial charge in [-0.1, -0.05) is 18.2 Å². The lowest BCUT2D eigenvalue weighted by atomic mass is 9.81. The van der Waals surface area contributed by atoms with Crippen molar-refractivity contribution in [1.29, 1.82) is 0 Å². The Kier molecular flexibility index (Phi) is 2.10. The molecule has 1 spiro atoms. The van der Waals surface area contributed by atoms with Gasteiger partial charge in [-0.2, -0.15) is 0 Å². The van der Waals surface area contributed by atoms with Crippen LogP contribution in [0.3, 0.4) is 0 Å². The molecule has 94 valence electrons. The SMILES string of the molecule is O=C1N(CC2CC2)c2ccccc2C12CCNC2. The smallest absolute Gasteiger partial charge is 0.239 e. The number of nitrogens with zero attached hydrogens (tertiary/aromatic N) is 1. The Balaban J connectivity index is 1.80. The zero-order valence-electron chi connectivity index (χ0n) is 10.5. The summed E-state index contributed by atoms with van der Waals surface area (Å²) in [7, 11) is 0. The van der Waals surface area contributed by atoms with Crippen LogP contribution in [0.15, 0.2) is 24.3 Å². The first kappa shape index (κ1) is 10.6. The molecule has 1 aliphatic carbocycles. The third kappa shape index (κ3) is 1.31. The van der Waals surface area contributed by atoms with Gasteiger partial charge in [-0.3, -0.25) is 4.79 Å². The molecule has 2 heterocycles. The zero-order chi connectivity index (χ0) is 12.2. The minimum atomic E-state index is -0.258. The van der Waals surface area contributed by atoms with Gasteiger partial charge in [-0.15, -0.1) is 0 Å². The summed E-state index contributed by atoms with van der Waals surface area (Å²) in [4.78, 5) is 14.9. The van der Waals surface area contributed by atoms with Gasteiger partial charge in [0.2, 0.25) is 5.91 Å². The molecule has 3 nitrogen and oxygen atoms in total. The Hall–Kier alpha value is -1.35. The van der Waals surface area contributed by atoms with Gasteiger partial charge in [0.15, 0.2) is 0 Å². The third-order valence-electron chi connectivity index (χ3n) is 4.66. The topological polar surface area (TPSA) is 32.3 Å². The quantitative estimate of drug-likeness (QED) is 0.855. The van der Waals surface area contributed by atoms with Crippen molar-refractivity contribution in [2.24, 2.45) is 5.92 Å². The fraction of sp³-hybridized carbons (Fsp3) is 0.533. The van der Waals surface area contributed by atoms with E-state index in [0.29, 0.717) is 5.91 Å². The van der Waals surface area contributed by atoms with Crippen LogP contribution in [0.5, 0.6) is 0 Å². The van der Waals surface area contributed by atoms with Crippen LogP contribution in [0.25, 0.3) is 0 Å². The molecule has 0 radical (unpaired) electrons. The molecule has 1 unspecified atom stereocenters. The van der Waals surface area contributed by atoms with E-state index >= 15 is 0 Å². The van der Waals surface area contributed by atoms with Gasteiger partial charge >= 0.3 is 0 Å². The molecule has 1 aromatic carbocycles. The molecule has 18 heavy (non-hydrogen) atoms. The van der Waals surface area contributed by atoms with E-state index in [1.165, 1.54) is 18.4 Å². The number of anilines is 1. The van der Waals surface area contributed by atoms with Crippen molar-refractivity contribution in [1.82, 2.24) is 5.32 Å². The number of para-hydroxylation sites is 1. The van der Waals surface area contributed by atoms with Crippen molar-refractivity contribution in [3.8, 4) is 0 Å². The summed E-state index contributed by atoms with van der Waals surface area (Å²) in [5, 5.41) is 3.37. The highest BCUT2D eigenvalue weighted by Crippen LogP contribution is 2.46. The number of benzene rings is 1. The number of nitrogens with one attached hydrogen (secondary N) is 1. The van der Waals surface area contributed by atoms with E-state index in [1.54, 1.807) is 0 Å². The van der Waals surface area contributed by atoms with Gasteiger partial charge in [0.25, 0.3) is 0 Å². The molecular weight excluding hydrogens is 224 g/mol. The maximum atomic E-state index is 12.8. The average Bonchev–Trinajstić information content (AvgIpc) is 3.03. The van der Waals surface area contributed by atoms with Crippen LogP contribution in [-0.2, 0) is 10.2 Å². The minimum Gasteiger partial charge on any atom is -0.315 e. The van der Waals surface area contributed by atoms with Gasteiger partial charge < -0.3 is 10.2 Å². The molecule has 1 saturated carbocycles. The highest BCUT2D eigenvalue weighted by atomic mass is 16.2. The van der Waals surface area contributed by atoms with Crippen molar-refractivity contribution in [3.05, 3.63) is 29.8 Å². The number of rotatable bonds is 2. The molecule has 0 bridgehead atoms. The Bertz CT molecular complexity index is 501. The average molecular weight is 242 g/mol. The van der Waals surface area contributed by atoms with Crippen molar-refractivity contribution in [3.63, 3.8) is 0 Å². The molecular formula is C15H18N2O. The van der Waals surface area contributed by atoms with Gasteiger partial charge in [0.05, 0.1) is 5.41 Å². The zero-order valence-corrected chi connectivity index (χ0v) is 10.5. The molecule has 1 saturated heterocycles. The maximum Gasteiger partial charge on any atom is 0.239 e. The van der Waals surface area contributed by atoms with Crippen molar-refractivity contribution in [2.75, 3.05) is 24.5 Å². The second kappa shape index (κ2) is 3.58. The number of hydrogen-bond acceptors (Lipinski definition) is 2. The monoisotopic (exact) mass is 242 g/mol. The summed E-state index contributed by atoms with van der Waals surface area (Å²) >= 11 is 0. The molecule has 3 heteroatoms. The summed E-state index contributed by atoms with van der Waals surface area (Å²) in [6.45, 7) is 2.69. The van der Waals surface area contributed by atoms with E-state index < -0.39 is 0 Å². The van der Waals surface area contributed by atoms with Crippen LogP contribution < -0.4 is 10.2 Å². The molecule has 1 atom stereocenters. The Morgan fingerprint density at radius 2 is 2.17 bits per heavy atom. The Labute approximate surface area is 107 Å². The number of carbonyl (C=O) groups is 1. The minimum absolute atomic E-state index is 0.258. The van der Waals surface area contributed by atoms with E-state index in [2.05, 4.69) is 28.4 Å². The van der Waals surface area contributed by atoms with Crippen LogP contribution in [0, 0.1) is 5.92 Å². The summed E-state index contributed by atoms with van der Waals surface area (Å²) in [5.74, 6) is 1.08. The normalized spacial score (nSPS) is 30.2. The van der Waals surface area contributed by atoms with Crippen molar-refractivity contribution >= 4 is 11.6 Å². The largest absolute Gasteiger partial charge is 0.315 e. The lowest BCUT2D eigenvalue weighted by Crippen LogP contribution is -2.42. The molecule has 1 aromatic rings. The summed E-state index contributed by atoms with van der Waals surface area (Å²) in [5.41, 5.74) is 2.16.